The molecule has 0 saturated heterocycles. The van der Waals surface area contributed by atoms with Gasteiger partial charge >= 0.3 is 12.2 Å². The number of hydrogen-bond donors (Lipinski definition) is 2. The molecule has 1 aromatic heterocycles. The summed E-state index contributed by atoms with van der Waals surface area (Å²) in [5.74, 6) is 0. The van der Waals surface area contributed by atoms with Gasteiger partial charge < -0.3 is 10.2 Å². The van der Waals surface area contributed by atoms with Crippen molar-refractivity contribution < 1.29 is 18.0 Å². The van der Waals surface area contributed by atoms with E-state index in [9.17, 15) is 18.0 Å². The summed E-state index contributed by atoms with van der Waals surface area (Å²) in [5, 5.41) is 5.61. The Balaban J connectivity index is 1.62. The summed E-state index contributed by atoms with van der Waals surface area (Å²) >= 11 is 1.41. The maximum Gasteiger partial charge on any atom is 0.416 e. The summed E-state index contributed by atoms with van der Waals surface area (Å²) in [6.07, 6.45) is -3.56. The monoisotopic (exact) mass is 356 g/mol. The number of nitrogens with zero attached hydrogens (tertiary/aromatic N) is 2. The Morgan fingerprint density at radius 1 is 1.25 bits per heavy atom. The van der Waals surface area contributed by atoms with Crippen LogP contribution in [0.3, 0.4) is 0 Å². The Kier molecular flexibility index (Phi) is 4.46. The second-order valence-electron chi connectivity index (χ2n) is 5.53. The van der Waals surface area contributed by atoms with Gasteiger partial charge in [-0.25, -0.2) is 9.78 Å². The number of amides is 2. The number of benzene rings is 1. The van der Waals surface area contributed by atoms with Crippen LogP contribution in [0.15, 0.2) is 24.3 Å². The molecule has 1 aromatic carbocycles. The number of likely N-dealkylation sites (N-methyl/N-ethyl adjacent to an activating group) is 1. The first-order valence-corrected chi connectivity index (χ1v) is 8.05. The van der Waals surface area contributed by atoms with E-state index in [2.05, 4.69) is 20.5 Å². The lowest BCUT2D eigenvalue weighted by molar-refractivity contribution is -0.137. The van der Waals surface area contributed by atoms with E-state index in [0.717, 1.165) is 42.2 Å². The molecule has 0 radical (unpaired) electrons. The molecule has 0 unspecified atom stereocenters. The van der Waals surface area contributed by atoms with Gasteiger partial charge in [-0.2, -0.15) is 13.2 Å². The normalized spacial score (nSPS) is 15.0. The van der Waals surface area contributed by atoms with Gasteiger partial charge in [-0.1, -0.05) is 0 Å². The van der Waals surface area contributed by atoms with Crippen molar-refractivity contribution >= 4 is 28.2 Å². The fourth-order valence-corrected chi connectivity index (χ4v) is 3.46. The summed E-state index contributed by atoms with van der Waals surface area (Å²) in [6.45, 7) is 1.73. The van der Waals surface area contributed by atoms with Crippen LogP contribution in [0, 0.1) is 0 Å². The third kappa shape index (κ3) is 3.85. The molecular weight excluding hydrogens is 341 g/mol. The topological polar surface area (TPSA) is 57.3 Å². The van der Waals surface area contributed by atoms with Crippen LogP contribution in [0.1, 0.15) is 16.1 Å². The van der Waals surface area contributed by atoms with Crippen molar-refractivity contribution in [1.29, 1.82) is 0 Å². The second kappa shape index (κ2) is 6.40. The highest BCUT2D eigenvalue weighted by Gasteiger charge is 2.30. The molecule has 2 heterocycles. The number of carbonyl (C=O) groups excluding carboxylic acids is 1. The van der Waals surface area contributed by atoms with E-state index in [-0.39, 0.29) is 5.69 Å². The molecule has 0 saturated carbocycles. The van der Waals surface area contributed by atoms with Gasteiger partial charge in [0, 0.05) is 30.1 Å². The van der Waals surface area contributed by atoms with Gasteiger partial charge in [0.2, 0.25) is 0 Å². The zero-order chi connectivity index (χ0) is 17.3. The van der Waals surface area contributed by atoms with E-state index < -0.39 is 17.8 Å². The molecule has 2 amide bonds. The van der Waals surface area contributed by atoms with E-state index in [0.29, 0.717) is 5.13 Å². The van der Waals surface area contributed by atoms with Crippen molar-refractivity contribution in [3.05, 3.63) is 40.4 Å². The van der Waals surface area contributed by atoms with Crippen LogP contribution in [0.25, 0.3) is 0 Å². The van der Waals surface area contributed by atoms with Gasteiger partial charge in [-0.05, 0) is 31.3 Å². The fraction of sp³-hybridized carbons (Fsp3) is 0.333. The Hall–Kier alpha value is -2.13. The molecule has 0 bridgehead atoms. The lowest BCUT2D eigenvalue weighted by Crippen LogP contribution is -2.25. The maximum atomic E-state index is 12.5. The summed E-state index contributed by atoms with van der Waals surface area (Å²) in [4.78, 5) is 19.6. The van der Waals surface area contributed by atoms with Gasteiger partial charge in [0.1, 0.15) is 0 Å². The van der Waals surface area contributed by atoms with Crippen molar-refractivity contribution in [3.63, 3.8) is 0 Å². The standard InChI is InChI=1S/C15H15F3N4OS/c1-22-7-6-11-12(8-22)24-14(20-11)21-13(23)19-10-4-2-9(3-5-10)15(16,17)18/h2-5H,6-8H2,1H3,(H2,19,20,21,23). The van der Waals surface area contributed by atoms with E-state index in [1.165, 1.54) is 23.5 Å². The predicted molar refractivity (Wildman–Crippen MR) is 86.2 cm³/mol. The number of carbonyl (C=O) groups is 1. The first-order valence-electron chi connectivity index (χ1n) is 7.23. The lowest BCUT2D eigenvalue weighted by atomic mass is 10.2. The molecule has 1 aliphatic rings. The number of rotatable bonds is 2. The molecule has 9 heteroatoms. The van der Waals surface area contributed by atoms with Crippen molar-refractivity contribution in [2.24, 2.45) is 0 Å². The molecule has 5 nitrogen and oxygen atoms in total. The van der Waals surface area contributed by atoms with Gasteiger partial charge in [-0.3, -0.25) is 5.32 Å². The van der Waals surface area contributed by atoms with Crippen molar-refractivity contribution in [1.82, 2.24) is 9.88 Å². The van der Waals surface area contributed by atoms with E-state index in [1.54, 1.807) is 0 Å². The third-order valence-electron chi connectivity index (χ3n) is 3.61. The summed E-state index contributed by atoms with van der Waals surface area (Å²) in [6, 6.07) is 3.74. The number of thiazole rings is 1. The molecule has 3 rings (SSSR count). The van der Waals surface area contributed by atoms with Crippen LogP contribution in [0.4, 0.5) is 28.8 Å². The number of hydrogen-bond acceptors (Lipinski definition) is 4. The first-order chi connectivity index (χ1) is 11.3. The average Bonchev–Trinajstić information content (AvgIpc) is 2.87. The van der Waals surface area contributed by atoms with Crippen LogP contribution < -0.4 is 10.6 Å². The number of anilines is 2. The van der Waals surface area contributed by atoms with Crippen LogP contribution in [0.2, 0.25) is 0 Å². The smallest absolute Gasteiger partial charge is 0.308 e. The average molecular weight is 356 g/mol. The minimum atomic E-state index is -4.39. The Labute approximate surface area is 140 Å². The van der Waals surface area contributed by atoms with Crippen LogP contribution in [-0.4, -0.2) is 29.5 Å². The number of alkyl halides is 3. The fourth-order valence-electron chi connectivity index (χ4n) is 2.38. The molecule has 0 spiro atoms. The predicted octanol–water partition coefficient (Wildman–Crippen LogP) is 3.79. The van der Waals surface area contributed by atoms with E-state index in [1.807, 2.05) is 7.05 Å². The molecule has 2 aromatic rings. The zero-order valence-electron chi connectivity index (χ0n) is 12.8. The summed E-state index contributed by atoms with van der Waals surface area (Å²) in [7, 11) is 2.02. The molecule has 0 fully saturated rings. The minimum absolute atomic E-state index is 0.279. The maximum absolute atomic E-state index is 12.5. The highest BCUT2D eigenvalue weighted by Crippen LogP contribution is 2.30. The van der Waals surface area contributed by atoms with E-state index in [4.69, 9.17) is 0 Å². The quantitative estimate of drug-likeness (QED) is 0.861. The number of nitrogens with one attached hydrogen (secondary N) is 2. The molecule has 24 heavy (non-hydrogen) atoms. The molecule has 128 valence electrons. The number of aromatic nitrogens is 1. The first kappa shape index (κ1) is 16.7. The van der Waals surface area contributed by atoms with Gasteiger partial charge in [0.05, 0.1) is 11.3 Å². The minimum Gasteiger partial charge on any atom is -0.308 e. The van der Waals surface area contributed by atoms with Crippen molar-refractivity contribution in [2.45, 2.75) is 19.1 Å². The SMILES string of the molecule is CN1CCc2nc(NC(=O)Nc3ccc(C(F)(F)F)cc3)sc2C1. The Bertz CT molecular complexity index is 742. The Morgan fingerprint density at radius 3 is 2.62 bits per heavy atom. The lowest BCUT2D eigenvalue weighted by Gasteiger charge is -2.20. The number of urea groups is 1. The third-order valence-corrected chi connectivity index (χ3v) is 4.61. The highest BCUT2D eigenvalue weighted by molar-refractivity contribution is 7.15. The largest absolute Gasteiger partial charge is 0.416 e. The molecular formula is C15H15F3N4OS. The number of halogens is 3. The van der Waals surface area contributed by atoms with Crippen molar-refractivity contribution in [2.75, 3.05) is 24.2 Å². The zero-order valence-corrected chi connectivity index (χ0v) is 13.6. The van der Waals surface area contributed by atoms with Gasteiger partial charge in [0.25, 0.3) is 0 Å². The number of fused-ring (bicyclic) bond motifs is 1. The van der Waals surface area contributed by atoms with Crippen LogP contribution >= 0.6 is 11.3 Å². The van der Waals surface area contributed by atoms with Crippen molar-refractivity contribution in [3.8, 4) is 0 Å². The summed E-state index contributed by atoms with van der Waals surface area (Å²) < 4.78 is 37.5. The van der Waals surface area contributed by atoms with Gasteiger partial charge in [0.15, 0.2) is 5.13 Å². The molecule has 1 aliphatic heterocycles. The van der Waals surface area contributed by atoms with Gasteiger partial charge in [-0.15, -0.1) is 11.3 Å². The van der Waals surface area contributed by atoms with E-state index >= 15 is 0 Å². The van der Waals surface area contributed by atoms with Crippen LogP contribution in [-0.2, 0) is 19.1 Å². The highest BCUT2D eigenvalue weighted by atomic mass is 32.1. The molecule has 0 aliphatic carbocycles. The molecule has 0 atom stereocenters. The second-order valence-corrected chi connectivity index (χ2v) is 6.61. The Morgan fingerprint density at radius 2 is 1.96 bits per heavy atom. The van der Waals surface area contributed by atoms with Crippen LogP contribution in [0.5, 0.6) is 0 Å². The summed E-state index contributed by atoms with van der Waals surface area (Å²) in [5.41, 5.74) is 0.509. The molecule has 2 N–H and O–H groups in total.